The molecule has 12 nitrogen and oxygen atoms in total. The van der Waals surface area contributed by atoms with Gasteiger partial charge < -0.3 is 45.5 Å². The van der Waals surface area contributed by atoms with Crippen molar-refractivity contribution in [2.24, 2.45) is 0 Å². The Bertz CT molecular complexity index is 2590. The van der Waals surface area contributed by atoms with Gasteiger partial charge in [0.15, 0.2) is 28.8 Å². The molecular formula is C49H44ClN3O9. The third-order valence-electron chi connectivity index (χ3n) is 8.73. The SMILES string of the molecule is COc1ccc(C(=O)/C=C(\C)Nc2ccccc2O)cc1.Cc1ccc(O)c(N/C=C/C(=O)c2ccccc2)c1.O=C(/C=C\Nc1cc(Cl)ccc1O)c1ccc2c(c1)OCO2. The Kier molecular flexibility index (Phi) is 16.3. The molecule has 0 radical (unpaired) electrons. The smallest absolute Gasteiger partial charge is 0.231 e. The first-order valence-electron chi connectivity index (χ1n) is 19.0. The molecule has 0 saturated heterocycles. The minimum Gasteiger partial charge on any atom is -0.506 e. The average Bonchev–Trinajstić information content (AvgIpc) is 3.76. The number of aryl methyl sites for hydroxylation is 1. The normalized spacial score (nSPS) is 11.5. The number of nitrogens with one attached hydrogen (secondary N) is 3. The minimum absolute atomic E-state index is 0.0459. The largest absolute Gasteiger partial charge is 0.506 e. The summed E-state index contributed by atoms with van der Waals surface area (Å²) in [5.41, 5.74) is 4.94. The molecule has 1 aliphatic rings. The quantitative estimate of drug-likeness (QED) is 0.0369. The van der Waals surface area contributed by atoms with Gasteiger partial charge in [-0.25, -0.2) is 0 Å². The number of rotatable bonds is 13. The fraction of sp³-hybridized carbons (Fsp3) is 0.0816. The molecule has 13 heteroatoms. The number of methoxy groups -OCH3 is 1. The van der Waals surface area contributed by atoms with E-state index in [1.54, 1.807) is 111 Å². The van der Waals surface area contributed by atoms with Crippen LogP contribution in [0.3, 0.4) is 0 Å². The highest BCUT2D eigenvalue weighted by Gasteiger charge is 2.15. The molecular weight excluding hydrogens is 810 g/mol. The maximum Gasteiger partial charge on any atom is 0.231 e. The van der Waals surface area contributed by atoms with E-state index in [1.807, 2.05) is 37.3 Å². The van der Waals surface area contributed by atoms with Gasteiger partial charge in [-0.05, 0) is 104 Å². The number of allylic oxidation sites excluding steroid dienone is 4. The van der Waals surface area contributed by atoms with Gasteiger partial charge in [-0.15, -0.1) is 0 Å². The zero-order chi connectivity index (χ0) is 44.4. The van der Waals surface area contributed by atoms with Crippen molar-refractivity contribution >= 4 is 46.0 Å². The number of carbonyl (C=O) groups is 3. The molecule has 0 fully saturated rings. The van der Waals surface area contributed by atoms with Gasteiger partial charge in [-0.3, -0.25) is 14.4 Å². The maximum absolute atomic E-state index is 12.1. The average molecular weight is 854 g/mol. The lowest BCUT2D eigenvalue weighted by molar-refractivity contribution is 0.103. The summed E-state index contributed by atoms with van der Waals surface area (Å²) in [6.45, 7) is 3.87. The third kappa shape index (κ3) is 13.5. The minimum atomic E-state index is -0.202. The van der Waals surface area contributed by atoms with Crippen LogP contribution in [0.5, 0.6) is 34.5 Å². The van der Waals surface area contributed by atoms with E-state index in [0.717, 1.165) is 5.56 Å². The van der Waals surface area contributed by atoms with Crippen molar-refractivity contribution in [2.75, 3.05) is 29.9 Å². The zero-order valence-electron chi connectivity index (χ0n) is 34.0. The van der Waals surface area contributed by atoms with Crippen molar-refractivity contribution in [2.45, 2.75) is 13.8 Å². The molecule has 0 unspecified atom stereocenters. The number of carbonyl (C=O) groups excluding carboxylic acids is 3. The third-order valence-corrected chi connectivity index (χ3v) is 8.97. The summed E-state index contributed by atoms with van der Waals surface area (Å²) < 4.78 is 15.5. The molecule has 0 bridgehead atoms. The molecule has 0 aliphatic carbocycles. The number of halogens is 1. The van der Waals surface area contributed by atoms with Crippen molar-refractivity contribution in [3.63, 3.8) is 0 Å². The first-order chi connectivity index (χ1) is 29.9. The predicted molar refractivity (Wildman–Crippen MR) is 242 cm³/mol. The standard InChI is InChI=1S/C17H17NO3.C16H12ClNO4.C16H15NO2/c1-12(18-15-5-3-4-6-16(15)19)11-17(20)13-7-9-14(21-2)10-8-13;17-11-2-3-14(20)12(8-11)18-6-5-13(19)10-1-4-15-16(7-10)22-9-21-15;1-12-7-8-16(19)14(11-12)17-10-9-15(18)13-5-3-2-4-6-13/h3-11,18-19H,1-2H3;1-8,18,20H,9H2;2-11,17,19H,1H3/b12-11+;6-5-;10-9+. The number of phenolic OH excluding ortho intramolecular Hbond substituents is 3. The van der Waals surface area contributed by atoms with Crippen LogP contribution in [0.15, 0.2) is 170 Å². The number of fused-ring (bicyclic) bond motifs is 1. The number of hydrogen-bond acceptors (Lipinski definition) is 12. The van der Waals surface area contributed by atoms with Crippen molar-refractivity contribution < 1.29 is 43.9 Å². The summed E-state index contributed by atoms with van der Waals surface area (Å²) in [5.74, 6) is 1.83. The molecule has 0 saturated carbocycles. The first-order valence-corrected chi connectivity index (χ1v) is 19.4. The Balaban J connectivity index is 0.000000176. The number of anilines is 3. The zero-order valence-corrected chi connectivity index (χ0v) is 34.7. The molecule has 1 heterocycles. The Morgan fingerprint density at radius 2 is 1.18 bits per heavy atom. The summed E-state index contributed by atoms with van der Waals surface area (Å²) in [5, 5.41) is 38.2. The van der Waals surface area contributed by atoms with Gasteiger partial charge in [-0.1, -0.05) is 60.1 Å². The van der Waals surface area contributed by atoms with Crippen LogP contribution in [-0.4, -0.2) is 46.6 Å². The van der Waals surface area contributed by atoms with E-state index < -0.39 is 0 Å². The lowest BCUT2D eigenvalue weighted by Crippen LogP contribution is -2.01. The van der Waals surface area contributed by atoms with Gasteiger partial charge in [-0.2, -0.15) is 0 Å². The topological polar surface area (TPSA) is 176 Å². The van der Waals surface area contributed by atoms with Crippen LogP contribution < -0.4 is 30.2 Å². The van der Waals surface area contributed by atoms with Gasteiger partial charge in [0.2, 0.25) is 6.79 Å². The van der Waals surface area contributed by atoms with E-state index >= 15 is 0 Å². The second-order valence-corrected chi connectivity index (χ2v) is 13.8. The lowest BCUT2D eigenvalue weighted by atomic mass is 10.1. The molecule has 316 valence electrons. The van der Waals surface area contributed by atoms with Crippen molar-refractivity contribution in [3.05, 3.63) is 197 Å². The predicted octanol–water partition coefficient (Wildman–Crippen LogP) is 10.7. The Morgan fingerprint density at radius 3 is 1.85 bits per heavy atom. The van der Waals surface area contributed by atoms with E-state index in [2.05, 4.69) is 16.0 Å². The maximum atomic E-state index is 12.1. The lowest BCUT2D eigenvalue weighted by Gasteiger charge is -2.08. The molecule has 62 heavy (non-hydrogen) atoms. The second-order valence-electron chi connectivity index (χ2n) is 13.4. The van der Waals surface area contributed by atoms with Crippen LogP contribution in [0, 0.1) is 6.92 Å². The van der Waals surface area contributed by atoms with Gasteiger partial charge in [0.1, 0.15) is 23.0 Å². The van der Waals surface area contributed by atoms with E-state index in [-0.39, 0.29) is 41.4 Å². The molecule has 7 rings (SSSR count). The van der Waals surface area contributed by atoms with E-state index in [4.69, 9.17) is 25.8 Å². The van der Waals surface area contributed by atoms with E-state index in [0.29, 0.717) is 61.7 Å². The summed E-state index contributed by atoms with van der Waals surface area (Å²) >= 11 is 5.84. The molecule has 0 atom stereocenters. The molecule has 0 aromatic heterocycles. The Hall–Kier alpha value is -7.96. The van der Waals surface area contributed by atoms with Crippen molar-refractivity contribution in [3.8, 4) is 34.5 Å². The second kappa shape index (κ2) is 22.4. The van der Waals surface area contributed by atoms with Gasteiger partial charge in [0, 0.05) is 58.0 Å². The Labute approximate surface area is 364 Å². The van der Waals surface area contributed by atoms with Crippen molar-refractivity contribution in [1.82, 2.24) is 0 Å². The van der Waals surface area contributed by atoms with Crippen molar-refractivity contribution in [1.29, 1.82) is 0 Å². The van der Waals surface area contributed by atoms with Crippen LogP contribution in [-0.2, 0) is 0 Å². The first kappa shape index (κ1) is 45.1. The van der Waals surface area contributed by atoms with Crippen LogP contribution in [0.1, 0.15) is 43.6 Å². The molecule has 0 amide bonds. The molecule has 1 aliphatic heterocycles. The Morgan fingerprint density at radius 1 is 0.613 bits per heavy atom. The van der Waals surface area contributed by atoms with Gasteiger partial charge >= 0.3 is 0 Å². The summed E-state index contributed by atoms with van der Waals surface area (Å²) in [7, 11) is 1.58. The fourth-order valence-corrected chi connectivity index (χ4v) is 5.68. The number of aromatic hydroxyl groups is 3. The number of benzene rings is 6. The van der Waals surface area contributed by atoms with Crippen LogP contribution in [0.25, 0.3) is 0 Å². The highest BCUT2D eigenvalue weighted by Crippen LogP contribution is 2.33. The number of ketones is 3. The number of hydrogen-bond donors (Lipinski definition) is 6. The highest BCUT2D eigenvalue weighted by molar-refractivity contribution is 6.31. The van der Waals surface area contributed by atoms with E-state index in [9.17, 15) is 29.7 Å². The van der Waals surface area contributed by atoms with Crippen LogP contribution in [0.2, 0.25) is 5.02 Å². The number of ether oxygens (including phenoxy) is 3. The fourth-order valence-electron chi connectivity index (χ4n) is 5.51. The van der Waals surface area contributed by atoms with Crippen LogP contribution >= 0.6 is 11.6 Å². The molecule has 6 aromatic rings. The summed E-state index contributed by atoms with van der Waals surface area (Å²) in [6, 6.07) is 37.6. The molecule has 6 aromatic carbocycles. The van der Waals surface area contributed by atoms with E-state index in [1.165, 1.54) is 36.7 Å². The van der Waals surface area contributed by atoms with Gasteiger partial charge in [0.25, 0.3) is 0 Å². The van der Waals surface area contributed by atoms with Crippen LogP contribution in [0.4, 0.5) is 17.1 Å². The monoisotopic (exact) mass is 853 g/mol. The summed E-state index contributed by atoms with van der Waals surface area (Å²) in [6.07, 6.45) is 7.27. The number of phenols is 3. The van der Waals surface area contributed by atoms with Gasteiger partial charge in [0.05, 0.1) is 24.2 Å². The summed E-state index contributed by atoms with van der Waals surface area (Å²) in [4.78, 5) is 36.0. The molecule has 6 N–H and O–H groups in total. The number of para-hydroxylation sites is 2. The highest BCUT2D eigenvalue weighted by atomic mass is 35.5. The molecule has 0 spiro atoms.